The van der Waals surface area contributed by atoms with Crippen molar-refractivity contribution in [2.45, 2.75) is 0 Å². The van der Waals surface area contributed by atoms with Crippen LogP contribution in [-0.4, -0.2) is 17.1 Å². The highest BCUT2D eigenvalue weighted by Gasteiger charge is 2.05. The summed E-state index contributed by atoms with van der Waals surface area (Å²) in [7, 11) is 1.51. The molecule has 0 saturated carbocycles. The molecule has 0 spiro atoms. The van der Waals surface area contributed by atoms with E-state index in [1.54, 1.807) is 6.07 Å². The predicted octanol–water partition coefficient (Wildman–Crippen LogP) is 1.95. The molecule has 0 fully saturated rings. The van der Waals surface area contributed by atoms with Gasteiger partial charge in [0.2, 0.25) is 5.95 Å². The van der Waals surface area contributed by atoms with Crippen molar-refractivity contribution >= 4 is 17.5 Å². The number of benzene rings is 1. The molecule has 6 heteroatoms. The summed E-state index contributed by atoms with van der Waals surface area (Å²) >= 11 is 0. The average molecular weight is 234 g/mol. The van der Waals surface area contributed by atoms with Crippen LogP contribution in [0.2, 0.25) is 0 Å². The number of hydrogen-bond acceptors (Lipinski definition) is 5. The van der Waals surface area contributed by atoms with E-state index in [1.165, 1.54) is 31.5 Å². The molecule has 0 aliphatic rings. The van der Waals surface area contributed by atoms with Gasteiger partial charge in [0.1, 0.15) is 17.4 Å². The molecule has 0 bridgehead atoms. The number of methoxy groups -OCH3 is 1. The Bertz CT molecular complexity index is 533. The summed E-state index contributed by atoms with van der Waals surface area (Å²) < 4.78 is 18.5. The number of aromatic nitrogens is 2. The van der Waals surface area contributed by atoms with Crippen LogP contribution < -0.4 is 15.8 Å². The van der Waals surface area contributed by atoms with Gasteiger partial charge >= 0.3 is 0 Å². The molecule has 2 rings (SSSR count). The van der Waals surface area contributed by atoms with Crippen molar-refractivity contribution < 1.29 is 9.13 Å². The molecule has 0 aliphatic heterocycles. The van der Waals surface area contributed by atoms with Crippen molar-refractivity contribution in [1.29, 1.82) is 0 Å². The summed E-state index contributed by atoms with van der Waals surface area (Å²) in [4.78, 5) is 7.66. The van der Waals surface area contributed by atoms with Gasteiger partial charge in [-0.05, 0) is 18.2 Å². The van der Waals surface area contributed by atoms with Gasteiger partial charge < -0.3 is 15.8 Å². The van der Waals surface area contributed by atoms with Gasteiger partial charge in [-0.15, -0.1) is 0 Å². The minimum absolute atomic E-state index is 0.123. The van der Waals surface area contributed by atoms with Crippen LogP contribution in [0, 0.1) is 5.82 Å². The van der Waals surface area contributed by atoms with Gasteiger partial charge in [-0.1, -0.05) is 0 Å². The first-order valence-electron chi connectivity index (χ1n) is 4.88. The van der Waals surface area contributed by atoms with E-state index < -0.39 is 5.82 Å². The minimum atomic E-state index is -0.400. The molecule has 0 aliphatic carbocycles. The van der Waals surface area contributed by atoms with Crippen LogP contribution in [0.25, 0.3) is 0 Å². The Balaban J connectivity index is 2.29. The van der Waals surface area contributed by atoms with Crippen LogP contribution in [0.3, 0.4) is 0 Å². The standard InChI is InChI=1S/C11H11FN4O/c1-17-7-2-3-8(12)9(6-7)15-10-4-5-14-11(13)16-10/h2-6H,1H3,(H3,13,14,15,16). The summed E-state index contributed by atoms with van der Waals surface area (Å²) in [5.41, 5.74) is 5.69. The molecule has 0 atom stereocenters. The Morgan fingerprint density at radius 2 is 2.18 bits per heavy atom. The van der Waals surface area contributed by atoms with Crippen LogP contribution in [0.5, 0.6) is 5.75 Å². The summed E-state index contributed by atoms with van der Waals surface area (Å²) in [6.07, 6.45) is 1.49. The summed E-state index contributed by atoms with van der Waals surface area (Å²) in [5.74, 6) is 0.696. The fourth-order valence-electron chi connectivity index (χ4n) is 1.31. The Hall–Kier alpha value is -2.37. The van der Waals surface area contributed by atoms with Gasteiger partial charge in [-0.2, -0.15) is 4.98 Å². The molecule has 17 heavy (non-hydrogen) atoms. The molecule has 2 aromatic rings. The lowest BCUT2D eigenvalue weighted by Gasteiger charge is -2.08. The van der Waals surface area contributed by atoms with Crippen molar-refractivity contribution in [2.75, 3.05) is 18.2 Å². The molecule has 1 heterocycles. The summed E-state index contributed by atoms with van der Waals surface area (Å²) in [6, 6.07) is 5.98. The van der Waals surface area contributed by atoms with Crippen molar-refractivity contribution in [3.8, 4) is 5.75 Å². The minimum Gasteiger partial charge on any atom is -0.497 e. The average Bonchev–Trinajstić information content (AvgIpc) is 2.32. The van der Waals surface area contributed by atoms with E-state index in [2.05, 4.69) is 15.3 Å². The number of nitrogen functional groups attached to an aromatic ring is 1. The Kier molecular flexibility index (Phi) is 3.04. The van der Waals surface area contributed by atoms with E-state index >= 15 is 0 Å². The van der Waals surface area contributed by atoms with Crippen LogP contribution >= 0.6 is 0 Å². The zero-order valence-corrected chi connectivity index (χ0v) is 9.14. The third-order valence-corrected chi connectivity index (χ3v) is 2.11. The number of rotatable bonds is 3. The van der Waals surface area contributed by atoms with E-state index in [-0.39, 0.29) is 11.6 Å². The number of nitrogens with one attached hydrogen (secondary N) is 1. The molecular formula is C11H11FN4O. The smallest absolute Gasteiger partial charge is 0.221 e. The van der Waals surface area contributed by atoms with Crippen LogP contribution in [0.15, 0.2) is 30.5 Å². The first kappa shape index (κ1) is 11.1. The molecule has 1 aromatic carbocycles. The zero-order valence-electron chi connectivity index (χ0n) is 9.14. The van der Waals surface area contributed by atoms with Crippen molar-refractivity contribution in [2.24, 2.45) is 0 Å². The second-order valence-corrected chi connectivity index (χ2v) is 3.27. The van der Waals surface area contributed by atoms with E-state index in [0.29, 0.717) is 11.6 Å². The lowest BCUT2D eigenvalue weighted by Crippen LogP contribution is -2.00. The van der Waals surface area contributed by atoms with Gasteiger partial charge in [-0.3, -0.25) is 0 Å². The summed E-state index contributed by atoms with van der Waals surface area (Å²) in [5, 5.41) is 2.80. The molecule has 88 valence electrons. The number of nitrogens with two attached hydrogens (primary N) is 1. The van der Waals surface area contributed by atoms with Crippen LogP contribution in [0.4, 0.5) is 21.8 Å². The summed E-state index contributed by atoms with van der Waals surface area (Å²) in [6.45, 7) is 0. The second-order valence-electron chi connectivity index (χ2n) is 3.27. The van der Waals surface area contributed by atoms with Crippen LogP contribution in [-0.2, 0) is 0 Å². The SMILES string of the molecule is COc1ccc(F)c(Nc2ccnc(N)n2)c1. The van der Waals surface area contributed by atoms with Gasteiger partial charge in [0, 0.05) is 12.3 Å². The molecule has 0 radical (unpaired) electrons. The van der Waals surface area contributed by atoms with E-state index in [9.17, 15) is 4.39 Å². The number of ether oxygens (including phenoxy) is 1. The monoisotopic (exact) mass is 234 g/mol. The lowest BCUT2D eigenvalue weighted by molar-refractivity contribution is 0.414. The Labute approximate surface area is 97.5 Å². The number of halogens is 1. The maximum Gasteiger partial charge on any atom is 0.221 e. The normalized spacial score (nSPS) is 10.0. The van der Waals surface area contributed by atoms with Crippen molar-refractivity contribution in [3.63, 3.8) is 0 Å². The molecular weight excluding hydrogens is 223 g/mol. The second kappa shape index (κ2) is 4.65. The Morgan fingerprint density at radius 1 is 1.35 bits per heavy atom. The molecule has 0 amide bonds. The highest BCUT2D eigenvalue weighted by atomic mass is 19.1. The largest absolute Gasteiger partial charge is 0.497 e. The first-order valence-corrected chi connectivity index (χ1v) is 4.88. The van der Waals surface area contributed by atoms with E-state index in [0.717, 1.165) is 0 Å². The van der Waals surface area contributed by atoms with Gasteiger partial charge in [0.15, 0.2) is 0 Å². The maximum absolute atomic E-state index is 13.5. The first-order chi connectivity index (χ1) is 8.19. The highest BCUT2D eigenvalue weighted by Crippen LogP contribution is 2.23. The predicted molar refractivity (Wildman–Crippen MR) is 62.7 cm³/mol. The number of anilines is 3. The van der Waals surface area contributed by atoms with Gasteiger partial charge in [0.25, 0.3) is 0 Å². The lowest BCUT2D eigenvalue weighted by atomic mass is 10.3. The van der Waals surface area contributed by atoms with Crippen molar-refractivity contribution in [1.82, 2.24) is 9.97 Å². The fourth-order valence-corrected chi connectivity index (χ4v) is 1.31. The fraction of sp³-hybridized carbons (Fsp3) is 0.0909. The van der Waals surface area contributed by atoms with Crippen molar-refractivity contribution in [3.05, 3.63) is 36.3 Å². The quantitative estimate of drug-likeness (QED) is 0.849. The van der Waals surface area contributed by atoms with E-state index in [4.69, 9.17) is 10.5 Å². The molecule has 0 unspecified atom stereocenters. The molecule has 1 aromatic heterocycles. The zero-order chi connectivity index (χ0) is 12.3. The van der Waals surface area contributed by atoms with Gasteiger partial charge in [0.05, 0.1) is 12.8 Å². The Morgan fingerprint density at radius 3 is 2.88 bits per heavy atom. The molecule has 0 saturated heterocycles. The van der Waals surface area contributed by atoms with Crippen LogP contribution in [0.1, 0.15) is 0 Å². The van der Waals surface area contributed by atoms with E-state index in [1.807, 2.05) is 0 Å². The third-order valence-electron chi connectivity index (χ3n) is 2.11. The topological polar surface area (TPSA) is 73.1 Å². The maximum atomic E-state index is 13.5. The third kappa shape index (κ3) is 2.60. The molecule has 3 N–H and O–H groups in total. The highest BCUT2D eigenvalue weighted by molar-refractivity contribution is 5.59. The molecule has 5 nitrogen and oxygen atoms in total. The number of nitrogens with zero attached hydrogens (tertiary/aromatic N) is 2. The number of hydrogen-bond donors (Lipinski definition) is 2. The van der Waals surface area contributed by atoms with Gasteiger partial charge in [-0.25, -0.2) is 9.37 Å².